The van der Waals surface area contributed by atoms with Crippen molar-refractivity contribution in [3.05, 3.63) is 24.0 Å². The average Bonchev–Trinajstić information content (AvgIpc) is 2.18. The van der Waals surface area contributed by atoms with Crippen molar-refractivity contribution in [1.82, 2.24) is 10.3 Å². The molecule has 0 saturated heterocycles. The molecule has 0 bridgehead atoms. The van der Waals surface area contributed by atoms with E-state index in [-0.39, 0.29) is 17.3 Å². The van der Waals surface area contributed by atoms with Crippen LogP contribution in [0.4, 0.5) is 0 Å². The SMILES string of the molecule is CC(C)(C)CC(O)CNCc1ccc(O)cn1. The summed E-state index contributed by atoms with van der Waals surface area (Å²) in [7, 11) is 0. The van der Waals surface area contributed by atoms with E-state index in [1.165, 1.54) is 6.20 Å². The summed E-state index contributed by atoms with van der Waals surface area (Å²) in [6.45, 7) is 7.48. The molecule has 1 unspecified atom stereocenters. The maximum Gasteiger partial charge on any atom is 0.133 e. The molecule has 0 saturated carbocycles. The van der Waals surface area contributed by atoms with Crippen molar-refractivity contribution in [3.8, 4) is 5.75 Å². The van der Waals surface area contributed by atoms with Crippen LogP contribution in [0.1, 0.15) is 32.9 Å². The summed E-state index contributed by atoms with van der Waals surface area (Å²) in [5.74, 6) is 0.168. The van der Waals surface area contributed by atoms with E-state index in [0.29, 0.717) is 13.1 Å². The predicted molar refractivity (Wildman–Crippen MR) is 67.7 cm³/mol. The molecule has 0 aliphatic carbocycles. The van der Waals surface area contributed by atoms with Gasteiger partial charge in [0.25, 0.3) is 0 Å². The standard InChI is InChI=1S/C13H22N2O2/c1-13(2,3)6-12(17)8-14-7-10-4-5-11(16)9-15-10/h4-5,9,12,14,16-17H,6-8H2,1-3H3. The van der Waals surface area contributed by atoms with Crippen molar-refractivity contribution >= 4 is 0 Å². The van der Waals surface area contributed by atoms with Crippen LogP contribution in [0.3, 0.4) is 0 Å². The summed E-state index contributed by atoms with van der Waals surface area (Å²) in [5.41, 5.74) is 0.989. The molecule has 0 radical (unpaired) electrons. The van der Waals surface area contributed by atoms with Crippen molar-refractivity contribution in [1.29, 1.82) is 0 Å². The third kappa shape index (κ3) is 6.24. The molecular formula is C13H22N2O2. The van der Waals surface area contributed by atoms with Crippen LogP contribution in [0.25, 0.3) is 0 Å². The highest BCUT2D eigenvalue weighted by molar-refractivity contribution is 5.17. The van der Waals surface area contributed by atoms with Crippen molar-refractivity contribution in [2.24, 2.45) is 5.41 Å². The zero-order valence-electron chi connectivity index (χ0n) is 10.8. The molecule has 4 nitrogen and oxygen atoms in total. The number of hydrogen-bond donors (Lipinski definition) is 3. The summed E-state index contributed by atoms with van der Waals surface area (Å²) < 4.78 is 0. The van der Waals surface area contributed by atoms with Gasteiger partial charge in [-0.1, -0.05) is 20.8 Å². The second kappa shape index (κ2) is 5.98. The Bertz CT molecular complexity index is 330. The Morgan fingerprint density at radius 2 is 2.06 bits per heavy atom. The van der Waals surface area contributed by atoms with E-state index in [4.69, 9.17) is 5.11 Å². The van der Waals surface area contributed by atoms with Gasteiger partial charge >= 0.3 is 0 Å². The van der Waals surface area contributed by atoms with Gasteiger partial charge in [0, 0.05) is 13.1 Å². The minimum atomic E-state index is -0.341. The molecule has 1 rings (SSSR count). The van der Waals surface area contributed by atoms with Crippen molar-refractivity contribution in [2.45, 2.75) is 39.8 Å². The van der Waals surface area contributed by atoms with Crippen LogP contribution in [0.5, 0.6) is 5.75 Å². The Morgan fingerprint density at radius 3 is 2.59 bits per heavy atom. The summed E-state index contributed by atoms with van der Waals surface area (Å²) in [5, 5.41) is 22.0. The molecule has 4 heteroatoms. The van der Waals surface area contributed by atoms with Crippen molar-refractivity contribution in [2.75, 3.05) is 6.54 Å². The largest absolute Gasteiger partial charge is 0.506 e. The van der Waals surface area contributed by atoms with Crippen LogP contribution in [-0.4, -0.2) is 27.8 Å². The summed E-state index contributed by atoms with van der Waals surface area (Å²) in [6, 6.07) is 3.37. The Morgan fingerprint density at radius 1 is 1.35 bits per heavy atom. The van der Waals surface area contributed by atoms with Crippen LogP contribution in [-0.2, 0) is 6.54 Å². The molecule has 17 heavy (non-hydrogen) atoms. The first-order valence-corrected chi connectivity index (χ1v) is 5.89. The van der Waals surface area contributed by atoms with Gasteiger partial charge in [0.2, 0.25) is 0 Å². The summed E-state index contributed by atoms with van der Waals surface area (Å²) >= 11 is 0. The van der Waals surface area contributed by atoms with Gasteiger partial charge in [0.15, 0.2) is 0 Å². The maximum atomic E-state index is 9.78. The highest BCUT2D eigenvalue weighted by Gasteiger charge is 2.16. The number of rotatable bonds is 5. The Balaban J connectivity index is 2.26. The van der Waals surface area contributed by atoms with Gasteiger partial charge in [-0.3, -0.25) is 4.98 Å². The fourth-order valence-electron chi connectivity index (χ4n) is 1.67. The molecule has 0 fully saturated rings. The first-order valence-electron chi connectivity index (χ1n) is 5.89. The first kappa shape index (κ1) is 13.9. The van der Waals surface area contributed by atoms with E-state index < -0.39 is 0 Å². The number of aromatic hydroxyl groups is 1. The third-order valence-corrected chi connectivity index (χ3v) is 2.34. The molecule has 0 aliphatic heterocycles. The van der Waals surface area contributed by atoms with Gasteiger partial charge in [0.05, 0.1) is 18.0 Å². The molecule has 96 valence electrons. The first-order chi connectivity index (χ1) is 7.87. The molecule has 1 aromatic rings. The van der Waals surface area contributed by atoms with E-state index >= 15 is 0 Å². The Kier molecular flexibility index (Phi) is 4.90. The molecule has 3 N–H and O–H groups in total. The second-order valence-electron chi connectivity index (χ2n) is 5.56. The van der Waals surface area contributed by atoms with E-state index in [0.717, 1.165) is 12.1 Å². The Labute approximate surface area is 103 Å². The number of hydrogen-bond acceptors (Lipinski definition) is 4. The van der Waals surface area contributed by atoms with Crippen molar-refractivity contribution < 1.29 is 10.2 Å². The zero-order valence-corrected chi connectivity index (χ0v) is 10.8. The second-order valence-corrected chi connectivity index (χ2v) is 5.56. The monoisotopic (exact) mass is 238 g/mol. The lowest BCUT2D eigenvalue weighted by Crippen LogP contribution is -2.30. The van der Waals surface area contributed by atoms with E-state index in [1.807, 2.05) is 0 Å². The lowest BCUT2D eigenvalue weighted by Gasteiger charge is -2.22. The van der Waals surface area contributed by atoms with Crippen LogP contribution < -0.4 is 5.32 Å². The number of nitrogens with one attached hydrogen (secondary N) is 1. The fourth-order valence-corrected chi connectivity index (χ4v) is 1.67. The van der Waals surface area contributed by atoms with E-state index in [9.17, 15) is 5.11 Å². The number of pyridine rings is 1. The number of aromatic nitrogens is 1. The lowest BCUT2D eigenvalue weighted by atomic mass is 9.89. The molecule has 0 aromatic carbocycles. The van der Waals surface area contributed by atoms with Gasteiger partial charge < -0.3 is 15.5 Å². The molecular weight excluding hydrogens is 216 g/mol. The van der Waals surface area contributed by atoms with Gasteiger partial charge in [-0.25, -0.2) is 0 Å². The van der Waals surface area contributed by atoms with Crippen molar-refractivity contribution in [3.63, 3.8) is 0 Å². The molecule has 0 spiro atoms. The highest BCUT2D eigenvalue weighted by atomic mass is 16.3. The van der Waals surface area contributed by atoms with Gasteiger partial charge in [-0.05, 0) is 24.0 Å². The van der Waals surface area contributed by atoms with Crippen LogP contribution >= 0.6 is 0 Å². The average molecular weight is 238 g/mol. The third-order valence-electron chi connectivity index (χ3n) is 2.34. The lowest BCUT2D eigenvalue weighted by molar-refractivity contribution is 0.119. The summed E-state index contributed by atoms with van der Waals surface area (Å²) in [6.07, 6.45) is 1.85. The Hall–Kier alpha value is -1.13. The minimum Gasteiger partial charge on any atom is -0.506 e. The van der Waals surface area contributed by atoms with E-state index in [2.05, 4.69) is 31.1 Å². The molecule has 1 aromatic heterocycles. The topological polar surface area (TPSA) is 65.4 Å². The molecule has 1 heterocycles. The predicted octanol–water partition coefficient (Wildman–Crippen LogP) is 1.67. The van der Waals surface area contributed by atoms with Crippen LogP contribution in [0.2, 0.25) is 0 Å². The van der Waals surface area contributed by atoms with Crippen LogP contribution in [0.15, 0.2) is 18.3 Å². The van der Waals surface area contributed by atoms with Crippen LogP contribution in [0, 0.1) is 5.41 Å². The molecule has 0 aliphatic rings. The highest BCUT2D eigenvalue weighted by Crippen LogP contribution is 2.20. The zero-order chi connectivity index (χ0) is 12.9. The number of aliphatic hydroxyl groups is 1. The van der Waals surface area contributed by atoms with Gasteiger partial charge in [0.1, 0.15) is 5.75 Å². The smallest absolute Gasteiger partial charge is 0.133 e. The number of aliphatic hydroxyl groups excluding tert-OH is 1. The summed E-state index contributed by atoms with van der Waals surface area (Å²) in [4.78, 5) is 4.06. The maximum absolute atomic E-state index is 9.78. The quantitative estimate of drug-likeness (QED) is 0.730. The molecule has 0 amide bonds. The fraction of sp³-hybridized carbons (Fsp3) is 0.615. The molecule has 1 atom stereocenters. The van der Waals surface area contributed by atoms with E-state index in [1.54, 1.807) is 12.1 Å². The normalized spacial score (nSPS) is 13.6. The van der Waals surface area contributed by atoms with Gasteiger partial charge in [-0.15, -0.1) is 0 Å². The number of nitrogens with zero attached hydrogens (tertiary/aromatic N) is 1. The van der Waals surface area contributed by atoms with Gasteiger partial charge in [-0.2, -0.15) is 0 Å². The minimum absolute atomic E-state index is 0.137.